The molecule has 4 aliphatic rings. The van der Waals surface area contributed by atoms with Gasteiger partial charge in [-0.3, -0.25) is 9.59 Å². The van der Waals surface area contributed by atoms with Crippen LogP contribution in [0, 0.1) is 38.7 Å². The molecule has 208 valence electrons. The quantitative estimate of drug-likeness (QED) is 0.302. The highest BCUT2D eigenvalue weighted by Gasteiger charge is 2.68. The van der Waals surface area contributed by atoms with Gasteiger partial charge in [-0.1, -0.05) is 37.6 Å². The summed E-state index contributed by atoms with van der Waals surface area (Å²) in [6.45, 7) is 2.96. The van der Waals surface area contributed by atoms with Gasteiger partial charge in [0.15, 0.2) is 12.4 Å². The molecule has 0 aromatic heterocycles. The van der Waals surface area contributed by atoms with Crippen molar-refractivity contribution in [1.29, 1.82) is 0 Å². The van der Waals surface area contributed by atoms with Gasteiger partial charge >= 0.3 is 5.97 Å². The van der Waals surface area contributed by atoms with Crippen molar-refractivity contribution < 1.29 is 39.3 Å². The Morgan fingerprint density at radius 3 is 2.74 bits per heavy atom. The van der Waals surface area contributed by atoms with Crippen molar-refractivity contribution in [3.8, 4) is 0 Å². The summed E-state index contributed by atoms with van der Waals surface area (Å²) in [7, 11) is 0. The largest absolute Gasteiger partial charge is 0.454 e. The van der Waals surface area contributed by atoms with Gasteiger partial charge in [0.25, 0.3) is 5.09 Å². The number of rotatable bonds is 7. The minimum atomic E-state index is -1.76. The van der Waals surface area contributed by atoms with Crippen LogP contribution < -0.4 is 0 Å². The molecule has 7 atom stereocenters. The summed E-state index contributed by atoms with van der Waals surface area (Å²) < 4.78 is 5.27. The number of hydrogen-bond donors (Lipinski definition) is 2. The number of benzene rings is 1. The van der Waals surface area contributed by atoms with E-state index in [1.807, 2.05) is 13.0 Å². The second-order valence-electron chi connectivity index (χ2n) is 11.8. The molecule has 4 aliphatic carbocycles. The molecular formula is C29H33NO9. The predicted molar refractivity (Wildman–Crippen MR) is 136 cm³/mol. The van der Waals surface area contributed by atoms with Gasteiger partial charge in [-0.15, -0.1) is 10.1 Å². The first kappa shape index (κ1) is 27.2. The molecule has 0 saturated heterocycles. The fourth-order valence-electron chi connectivity index (χ4n) is 8.04. The summed E-state index contributed by atoms with van der Waals surface area (Å²) in [6.07, 6.45) is 6.91. The van der Waals surface area contributed by atoms with E-state index in [1.165, 1.54) is 18.2 Å². The lowest BCUT2D eigenvalue weighted by atomic mass is 9.46. The summed E-state index contributed by atoms with van der Waals surface area (Å²) in [5.41, 5.74) is -1.59. The van der Waals surface area contributed by atoms with Gasteiger partial charge < -0.3 is 19.8 Å². The molecule has 0 aliphatic heterocycles. The van der Waals surface area contributed by atoms with Crippen LogP contribution in [0.3, 0.4) is 0 Å². The van der Waals surface area contributed by atoms with E-state index in [9.17, 15) is 34.7 Å². The second-order valence-corrected chi connectivity index (χ2v) is 11.8. The minimum Gasteiger partial charge on any atom is -0.454 e. The molecule has 0 amide bonds. The van der Waals surface area contributed by atoms with Crippen molar-refractivity contribution in [3.63, 3.8) is 0 Å². The van der Waals surface area contributed by atoms with E-state index in [4.69, 9.17) is 4.74 Å². The number of ketones is 2. The Hall–Kier alpha value is -3.37. The Morgan fingerprint density at radius 1 is 1.23 bits per heavy atom. The lowest BCUT2D eigenvalue weighted by molar-refractivity contribution is -0.763. The zero-order chi connectivity index (χ0) is 28.2. The van der Waals surface area contributed by atoms with Crippen molar-refractivity contribution in [2.24, 2.45) is 28.6 Å². The molecule has 5 rings (SSSR count). The highest BCUT2D eigenvalue weighted by molar-refractivity contribution is 6.01. The number of hydrogen-bond acceptors (Lipinski definition) is 9. The normalized spacial score (nSPS) is 36.7. The van der Waals surface area contributed by atoms with Crippen LogP contribution in [0.25, 0.3) is 0 Å². The SMILES string of the molecule is C[C@]12C=CC(=O)C=C1CCC1C2[C@@H](O)C[C@@]2(C)C1CC[C@]2(O)C(=O)COC(=O)c1cccc(CO[N+](=O)[O-])c1. The van der Waals surface area contributed by atoms with Crippen LogP contribution in [0.2, 0.25) is 0 Å². The van der Waals surface area contributed by atoms with Crippen LogP contribution in [0.4, 0.5) is 0 Å². The number of fused-ring (bicyclic) bond motifs is 5. The van der Waals surface area contributed by atoms with Crippen LogP contribution >= 0.6 is 0 Å². The fourth-order valence-corrected chi connectivity index (χ4v) is 8.04. The molecule has 3 unspecified atom stereocenters. The van der Waals surface area contributed by atoms with E-state index in [2.05, 4.69) is 11.8 Å². The van der Waals surface area contributed by atoms with Gasteiger partial charge in [0, 0.05) is 16.7 Å². The van der Waals surface area contributed by atoms with Gasteiger partial charge in [-0.2, -0.15) is 0 Å². The number of ether oxygens (including phenoxy) is 1. The fraction of sp³-hybridized carbons (Fsp3) is 0.552. The number of nitrogens with zero attached hydrogens (tertiary/aromatic N) is 1. The van der Waals surface area contributed by atoms with Crippen LogP contribution in [-0.2, 0) is 25.8 Å². The lowest BCUT2D eigenvalue weighted by Crippen LogP contribution is -2.61. The van der Waals surface area contributed by atoms with E-state index in [0.29, 0.717) is 12.0 Å². The number of aliphatic hydroxyl groups is 2. The molecule has 0 radical (unpaired) electrons. The zero-order valence-electron chi connectivity index (χ0n) is 22.0. The van der Waals surface area contributed by atoms with E-state index < -0.39 is 46.0 Å². The van der Waals surface area contributed by atoms with Gasteiger partial charge in [0.05, 0.1) is 11.7 Å². The number of Topliss-reactive ketones (excluding diaryl/α,β-unsaturated/α-hetero) is 1. The average Bonchev–Trinajstić information content (AvgIpc) is 3.17. The first-order valence-electron chi connectivity index (χ1n) is 13.3. The van der Waals surface area contributed by atoms with Crippen LogP contribution in [0.1, 0.15) is 61.9 Å². The number of carbonyl (C=O) groups excluding carboxylic acids is 3. The Morgan fingerprint density at radius 2 is 2.00 bits per heavy atom. The Kier molecular flexibility index (Phi) is 6.75. The average molecular weight is 540 g/mol. The maximum absolute atomic E-state index is 13.4. The topological polar surface area (TPSA) is 153 Å². The molecule has 3 saturated carbocycles. The molecule has 10 nitrogen and oxygen atoms in total. The molecule has 3 fully saturated rings. The van der Waals surface area contributed by atoms with Crippen molar-refractivity contribution in [2.75, 3.05) is 6.61 Å². The molecule has 10 heteroatoms. The molecule has 0 heterocycles. The molecule has 1 aromatic carbocycles. The van der Waals surface area contributed by atoms with Crippen molar-refractivity contribution >= 4 is 17.5 Å². The molecule has 1 aromatic rings. The van der Waals surface area contributed by atoms with E-state index in [1.54, 1.807) is 18.2 Å². The third-order valence-electron chi connectivity index (χ3n) is 9.94. The molecule has 0 spiro atoms. The first-order chi connectivity index (χ1) is 18.4. The van der Waals surface area contributed by atoms with E-state index in [0.717, 1.165) is 18.4 Å². The van der Waals surface area contributed by atoms with Gasteiger partial charge in [0.2, 0.25) is 5.78 Å². The standard InChI is InChI=1S/C29H33NO9/c1-27-10-8-20(31)13-19(27)6-7-21-22-9-11-29(35,28(22,2)14-23(32)25(21)27)24(33)16-38-26(34)18-5-3-4-17(12-18)15-39-30(36)37/h3-5,8,10,12-13,21-23,25,32,35H,6-7,9,11,14-16H2,1-2H3/t21?,22?,23-,25?,27-,28-,29-/m0/s1. The van der Waals surface area contributed by atoms with E-state index >= 15 is 0 Å². The minimum absolute atomic E-state index is 0.0155. The molecule has 2 N–H and O–H groups in total. The third-order valence-corrected chi connectivity index (χ3v) is 9.94. The van der Waals surface area contributed by atoms with E-state index in [-0.39, 0.29) is 48.5 Å². The number of aliphatic hydroxyl groups excluding tert-OH is 1. The summed E-state index contributed by atoms with van der Waals surface area (Å²) >= 11 is 0. The third kappa shape index (κ3) is 4.39. The van der Waals surface area contributed by atoms with Crippen LogP contribution in [0.15, 0.2) is 48.1 Å². The van der Waals surface area contributed by atoms with Crippen LogP contribution in [-0.4, -0.2) is 51.1 Å². The van der Waals surface area contributed by atoms with Crippen LogP contribution in [0.5, 0.6) is 0 Å². The van der Waals surface area contributed by atoms with Crippen molar-refractivity contribution in [3.05, 3.63) is 69.3 Å². The first-order valence-corrected chi connectivity index (χ1v) is 13.3. The van der Waals surface area contributed by atoms with Gasteiger partial charge in [0.1, 0.15) is 12.2 Å². The number of esters is 1. The summed E-state index contributed by atoms with van der Waals surface area (Å²) in [5, 5.41) is 32.8. The molecule has 0 bridgehead atoms. The highest BCUT2D eigenvalue weighted by atomic mass is 16.9. The highest BCUT2D eigenvalue weighted by Crippen LogP contribution is 2.67. The predicted octanol–water partition coefficient (Wildman–Crippen LogP) is 3.13. The smallest absolute Gasteiger partial charge is 0.338 e. The maximum atomic E-state index is 13.4. The van der Waals surface area contributed by atoms with Gasteiger partial charge in [-0.05, 0) is 73.8 Å². The number of carbonyl (C=O) groups is 3. The summed E-state index contributed by atoms with van der Waals surface area (Å²) in [5.74, 6) is -1.52. The maximum Gasteiger partial charge on any atom is 0.338 e. The van der Waals surface area contributed by atoms with Crippen molar-refractivity contribution in [2.45, 2.75) is 64.3 Å². The monoisotopic (exact) mass is 539 g/mol. The number of allylic oxidation sites excluding steroid dienone is 4. The van der Waals surface area contributed by atoms with Crippen molar-refractivity contribution in [1.82, 2.24) is 0 Å². The molecule has 39 heavy (non-hydrogen) atoms. The Balaban J connectivity index is 1.30. The Bertz CT molecular complexity index is 1290. The summed E-state index contributed by atoms with van der Waals surface area (Å²) in [4.78, 5) is 52.9. The summed E-state index contributed by atoms with van der Waals surface area (Å²) in [6, 6.07) is 5.92. The van der Waals surface area contributed by atoms with Gasteiger partial charge in [-0.25, -0.2) is 4.79 Å². The molecular weight excluding hydrogens is 506 g/mol. The zero-order valence-corrected chi connectivity index (χ0v) is 22.0. The second kappa shape index (κ2) is 9.67. The lowest BCUT2D eigenvalue weighted by Gasteiger charge is -2.59. The Labute approximate surface area is 225 Å².